The zero-order chi connectivity index (χ0) is 16.2. The first-order valence-corrected chi connectivity index (χ1v) is 8.08. The van der Waals surface area contributed by atoms with Crippen molar-refractivity contribution in [3.8, 4) is 17.2 Å². The highest BCUT2D eigenvalue weighted by Crippen LogP contribution is 2.44. The van der Waals surface area contributed by atoms with Crippen LogP contribution in [0.1, 0.15) is 20.8 Å². The van der Waals surface area contributed by atoms with Gasteiger partial charge in [-0.05, 0) is 49.1 Å². The van der Waals surface area contributed by atoms with E-state index in [-0.39, 0.29) is 0 Å². The van der Waals surface area contributed by atoms with Gasteiger partial charge in [0.05, 0.1) is 19.8 Å². The standard InChI is InChI=1S/C20H21O3/c1-4-21-18-13-16-11-14-9-7-8-10-15(14)12-17(16)19(22-5-2)20(18)23-6-3/h7-12H,4-6H2,1-3H3. The smallest absolute Gasteiger partial charge is 0.204 e. The lowest BCUT2D eigenvalue weighted by Crippen LogP contribution is -2.03. The largest absolute Gasteiger partial charge is 0.489 e. The molecule has 0 aromatic heterocycles. The molecule has 1 radical (unpaired) electrons. The van der Waals surface area contributed by atoms with Gasteiger partial charge in [0.25, 0.3) is 0 Å². The van der Waals surface area contributed by atoms with E-state index in [0.29, 0.717) is 31.3 Å². The molecule has 3 nitrogen and oxygen atoms in total. The normalized spacial score (nSPS) is 10.9. The Bertz CT molecular complexity index is 824. The fourth-order valence-corrected chi connectivity index (χ4v) is 2.75. The summed E-state index contributed by atoms with van der Waals surface area (Å²) in [5.74, 6) is 1.98. The van der Waals surface area contributed by atoms with Crippen LogP contribution >= 0.6 is 0 Å². The fraction of sp³-hybridized carbons (Fsp3) is 0.300. The highest BCUT2D eigenvalue weighted by molar-refractivity contribution is 6.02. The minimum Gasteiger partial charge on any atom is -0.489 e. The summed E-state index contributed by atoms with van der Waals surface area (Å²) in [7, 11) is 0. The Morgan fingerprint density at radius 1 is 0.783 bits per heavy atom. The predicted octanol–water partition coefficient (Wildman–Crippen LogP) is 4.99. The molecule has 0 aliphatic carbocycles. The Hall–Kier alpha value is -2.42. The van der Waals surface area contributed by atoms with Gasteiger partial charge in [-0.2, -0.15) is 0 Å². The van der Waals surface area contributed by atoms with Gasteiger partial charge >= 0.3 is 0 Å². The second kappa shape index (κ2) is 6.78. The van der Waals surface area contributed by atoms with Gasteiger partial charge in [-0.3, -0.25) is 0 Å². The molecule has 23 heavy (non-hydrogen) atoms. The predicted molar refractivity (Wildman–Crippen MR) is 93.8 cm³/mol. The van der Waals surface area contributed by atoms with E-state index in [2.05, 4.69) is 30.3 Å². The molecule has 0 amide bonds. The molecule has 3 heteroatoms. The number of hydrogen-bond acceptors (Lipinski definition) is 3. The molecule has 0 bridgehead atoms. The van der Waals surface area contributed by atoms with E-state index in [1.54, 1.807) is 0 Å². The number of ether oxygens (including phenoxy) is 3. The van der Waals surface area contributed by atoms with Crippen LogP contribution in [-0.2, 0) is 0 Å². The summed E-state index contributed by atoms with van der Waals surface area (Å²) in [4.78, 5) is 0. The van der Waals surface area contributed by atoms with Crippen molar-refractivity contribution in [2.24, 2.45) is 0 Å². The van der Waals surface area contributed by atoms with Crippen LogP contribution in [0.15, 0.2) is 36.4 Å². The first-order valence-electron chi connectivity index (χ1n) is 8.08. The van der Waals surface area contributed by atoms with Gasteiger partial charge in [0.1, 0.15) is 0 Å². The molecular formula is C20H21O3. The van der Waals surface area contributed by atoms with Crippen LogP contribution in [0, 0.1) is 6.07 Å². The number of rotatable bonds is 6. The van der Waals surface area contributed by atoms with Gasteiger partial charge in [-0.25, -0.2) is 0 Å². The van der Waals surface area contributed by atoms with Gasteiger partial charge in [-0.15, -0.1) is 0 Å². The molecule has 3 rings (SSSR count). The molecule has 3 aromatic rings. The Morgan fingerprint density at radius 3 is 2.04 bits per heavy atom. The molecular weight excluding hydrogens is 288 g/mol. The van der Waals surface area contributed by atoms with Crippen molar-refractivity contribution < 1.29 is 14.2 Å². The Morgan fingerprint density at radius 2 is 1.39 bits per heavy atom. The van der Waals surface area contributed by atoms with Crippen LogP contribution in [-0.4, -0.2) is 19.8 Å². The van der Waals surface area contributed by atoms with Crippen LogP contribution in [0.25, 0.3) is 21.5 Å². The second-order valence-corrected chi connectivity index (χ2v) is 5.16. The maximum Gasteiger partial charge on any atom is 0.204 e. The summed E-state index contributed by atoms with van der Waals surface area (Å²) in [5.41, 5.74) is 0. The molecule has 0 saturated heterocycles. The summed E-state index contributed by atoms with van der Waals surface area (Å²) in [6.07, 6.45) is 0. The van der Waals surface area contributed by atoms with Crippen LogP contribution in [0.3, 0.4) is 0 Å². The zero-order valence-electron chi connectivity index (χ0n) is 13.8. The Balaban J connectivity index is 2.34. The summed E-state index contributed by atoms with van der Waals surface area (Å²) >= 11 is 0. The second-order valence-electron chi connectivity index (χ2n) is 5.16. The third-order valence-electron chi connectivity index (χ3n) is 3.66. The first-order chi connectivity index (χ1) is 11.3. The van der Waals surface area contributed by atoms with E-state index in [4.69, 9.17) is 14.2 Å². The van der Waals surface area contributed by atoms with Gasteiger partial charge < -0.3 is 14.2 Å². The molecule has 3 aromatic carbocycles. The van der Waals surface area contributed by atoms with Crippen molar-refractivity contribution in [2.75, 3.05) is 19.8 Å². The summed E-state index contributed by atoms with van der Waals surface area (Å²) in [6, 6.07) is 15.9. The van der Waals surface area contributed by atoms with Crippen molar-refractivity contribution in [2.45, 2.75) is 20.8 Å². The summed E-state index contributed by atoms with van der Waals surface area (Å²) < 4.78 is 17.5. The van der Waals surface area contributed by atoms with Gasteiger partial charge in [0, 0.05) is 11.5 Å². The number of fused-ring (bicyclic) bond motifs is 2. The average Bonchev–Trinajstić information content (AvgIpc) is 2.56. The third kappa shape index (κ3) is 2.91. The van der Waals surface area contributed by atoms with Crippen molar-refractivity contribution >= 4 is 21.5 Å². The zero-order valence-corrected chi connectivity index (χ0v) is 13.8. The molecule has 0 aliphatic heterocycles. The number of benzene rings is 3. The first kappa shape index (κ1) is 15.5. The minimum atomic E-state index is 0.549. The van der Waals surface area contributed by atoms with Crippen LogP contribution in [0.5, 0.6) is 17.2 Å². The highest BCUT2D eigenvalue weighted by Gasteiger charge is 2.18. The number of hydrogen-bond donors (Lipinski definition) is 0. The van der Waals surface area contributed by atoms with Crippen molar-refractivity contribution in [3.63, 3.8) is 0 Å². The van der Waals surface area contributed by atoms with Gasteiger partial charge in [0.15, 0.2) is 11.5 Å². The SMILES string of the molecule is CCOc1[c]c2cc3ccccc3cc2c(OCC)c1OCC. The minimum absolute atomic E-state index is 0.549. The fourth-order valence-electron chi connectivity index (χ4n) is 2.75. The Kier molecular flexibility index (Phi) is 4.56. The maximum atomic E-state index is 5.91. The molecule has 0 saturated carbocycles. The lowest BCUT2D eigenvalue weighted by atomic mass is 10.0. The lowest BCUT2D eigenvalue weighted by molar-refractivity contribution is 0.263. The molecule has 0 N–H and O–H groups in total. The van der Waals surface area contributed by atoms with Crippen molar-refractivity contribution in [1.82, 2.24) is 0 Å². The molecule has 0 unspecified atom stereocenters. The van der Waals surface area contributed by atoms with Crippen molar-refractivity contribution in [3.05, 3.63) is 42.5 Å². The Labute approximate surface area is 136 Å². The topological polar surface area (TPSA) is 27.7 Å². The van der Waals surface area contributed by atoms with E-state index in [1.807, 2.05) is 32.9 Å². The molecule has 119 valence electrons. The van der Waals surface area contributed by atoms with Crippen LogP contribution in [0.2, 0.25) is 0 Å². The van der Waals surface area contributed by atoms with E-state index in [0.717, 1.165) is 16.5 Å². The third-order valence-corrected chi connectivity index (χ3v) is 3.66. The van der Waals surface area contributed by atoms with Gasteiger partial charge in [-0.1, -0.05) is 24.3 Å². The van der Waals surface area contributed by atoms with E-state index >= 15 is 0 Å². The van der Waals surface area contributed by atoms with E-state index < -0.39 is 0 Å². The molecule has 0 spiro atoms. The maximum absolute atomic E-state index is 5.91. The van der Waals surface area contributed by atoms with Crippen LogP contribution in [0.4, 0.5) is 0 Å². The van der Waals surface area contributed by atoms with Gasteiger partial charge in [0.2, 0.25) is 5.75 Å². The molecule has 0 atom stereocenters. The molecule has 0 heterocycles. The van der Waals surface area contributed by atoms with E-state index in [9.17, 15) is 0 Å². The summed E-state index contributed by atoms with van der Waals surface area (Å²) in [5, 5.41) is 4.31. The molecule has 0 fully saturated rings. The van der Waals surface area contributed by atoms with Crippen LogP contribution < -0.4 is 14.2 Å². The quantitative estimate of drug-likeness (QED) is 0.600. The summed E-state index contributed by atoms with van der Waals surface area (Å²) in [6.45, 7) is 7.55. The lowest BCUT2D eigenvalue weighted by Gasteiger charge is -2.18. The molecule has 0 aliphatic rings. The monoisotopic (exact) mass is 309 g/mol. The highest BCUT2D eigenvalue weighted by atomic mass is 16.5. The van der Waals surface area contributed by atoms with E-state index in [1.165, 1.54) is 10.8 Å². The average molecular weight is 309 g/mol. The van der Waals surface area contributed by atoms with Crippen molar-refractivity contribution in [1.29, 1.82) is 0 Å².